The summed E-state index contributed by atoms with van der Waals surface area (Å²) in [4.78, 5) is 29.1. The second-order valence-corrected chi connectivity index (χ2v) is 10.3. The highest BCUT2D eigenvalue weighted by atomic mass is 35.5. The van der Waals surface area contributed by atoms with E-state index in [0.29, 0.717) is 19.8 Å². The number of rotatable bonds is 21. The molecule has 0 aromatic carbocycles. The summed E-state index contributed by atoms with van der Waals surface area (Å²) in [6.45, 7) is 6.09. The third kappa shape index (κ3) is 11.9. The first-order chi connectivity index (χ1) is 19.5. The molecular formula is C29H48ClN3O8. The molecule has 3 rings (SSSR count). The van der Waals surface area contributed by atoms with Crippen LogP contribution in [-0.4, -0.2) is 72.8 Å². The van der Waals surface area contributed by atoms with E-state index in [1.54, 1.807) is 10.8 Å². The first-order valence-electron chi connectivity index (χ1n) is 15.0. The third-order valence-electron chi connectivity index (χ3n) is 6.99. The van der Waals surface area contributed by atoms with Gasteiger partial charge in [0.15, 0.2) is 23.9 Å². The minimum Gasteiger partial charge on any atom is -0.463 e. The van der Waals surface area contributed by atoms with Gasteiger partial charge in [-0.3, -0.25) is 19.6 Å². The Kier molecular flexibility index (Phi) is 16.9. The lowest BCUT2D eigenvalue weighted by atomic mass is 10.1. The molecule has 0 saturated carbocycles. The lowest BCUT2D eigenvalue weighted by Crippen LogP contribution is -2.40. The Morgan fingerprint density at radius 3 is 2.15 bits per heavy atom. The number of halogens is 1. The van der Waals surface area contributed by atoms with Crippen LogP contribution in [0.3, 0.4) is 0 Å². The summed E-state index contributed by atoms with van der Waals surface area (Å²) in [6, 6.07) is 1.74. The lowest BCUT2D eigenvalue weighted by Gasteiger charge is -2.22. The number of unbranched alkanes of at least 4 members (excludes halogenated alkanes) is 8. The summed E-state index contributed by atoms with van der Waals surface area (Å²) in [6.07, 6.45) is 10.6. The lowest BCUT2D eigenvalue weighted by molar-refractivity contribution is -0.161. The van der Waals surface area contributed by atoms with Gasteiger partial charge in [-0.25, -0.2) is 0 Å². The zero-order valence-corrected chi connectivity index (χ0v) is 25.4. The maximum absolute atomic E-state index is 12.7. The molecule has 0 aliphatic carbocycles. The van der Waals surface area contributed by atoms with Gasteiger partial charge in [-0.2, -0.15) is 4.98 Å². The molecule has 1 aromatic heterocycles. The number of nitrogens with zero attached hydrogens (tertiary/aromatic N) is 2. The van der Waals surface area contributed by atoms with Crippen molar-refractivity contribution >= 4 is 24.3 Å². The van der Waals surface area contributed by atoms with Crippen molar-refractivity contribution in [3.8, 4) is 6.01 Å². The quantitative estimate of drug-likeness (QED) is 0.158. The van der Waals surface area contributed by atoms with Gasteiger partial charge in [-0.15, -0.1) is 12.4 Å². The molecule has 1 N–H and O–H groups in total. The Morgan fingerprint density at radius 1 is 0.902 bits per heavy atom. The van der Waals surface area contributed by atoms with Crippen LogP contribution in [0, 0.1) is 5.41 Å². The Morgan fingerprint density at radius 2 is 1.51 bits per heavy atom. The van der Waals surface area contributed by atoms with Gasteiger partial charge in [0.2, 0.25) is 0 Å². The number of hydrogen-bond donors (Lipinski definition) is 1. The van der Waals surface area contributed by atoms with Crippen molar-refractivity contribution in [3.05, 3.63) is 17.8 Å². The molecule has 3 heterocycles. The maximum Gasteiger partial charge on any atom is 0.308 e. The van der Waals surface area contributed by atoms with E-state index in [9.17, 15) is 9.59 Å². The Balaban J connectivity index is 0.00000588. The predicted octanol–water partition coefficient (Wildman–Crippen LogP) is 4.65. The van der Waals surface area contributed by atoms with Crippen LogP contribution in [0.2, 0.25) is 0 Å². The fourth-order valence-corrected chi connectivity index (χ4v) is 4.74. The molecule has 2 aliphatic heterocycles. The number of nitrogens with one attached hydrogen (secondary N) is 1. The Hall–Kier alpha value is -2.21. The number of aromatic nitrogens is 2. The highest BCUT2D eigenvalue weighted by molar-refractivity contribution is 5.85. The van der Waals surface area contributed by atoms with Crippen LogP contribution in [0.4, 0.5) is 0 Å². The van der Waals surface area contributed by atoms with Crippen LogP contribution in [0.5, 0.6) is 6.01 Å². The van der Waals surface area contributed by atoms with Gasteiger partial charge in [0.05, 0.1) is 26.1 Å². The third-order valence-corrected chi connectivity index (χ3v) is 6.99. The van der Waals surface area contributed by atoms with Crippen molar-refractivity contribution in [2.45, 2.75) is 115 Å². The molecule has 0 radical (unpaired) electrons. The van der Waals surface area contributed by atoms with E-state index in [1.165, 1.54) is 44.6 Å². The number of carbonyl (C=O) groups excluding carboxylic acids is 2. The van der Waals surface area contributed by atoms with Gasteiger partial charge < -0.3 is 28.4 Å². The van der Waals surface area contributed by atoms with Gasteiger partial charge in [0, 0.05) is 19.4 Å². The standard InChI is InChI=1S/C29H47N3O8.ClH/c1-3-5-7-9-11-17-35-19-14-24(33)37-21-22-26(39-25(34)15-20-36-18-12-10-8-6-4-2)27-28(38-22)32-16-13-23(30)31-29(32)40-27;/h13,16,22,26-28,30H,3-12,14-15,17-21H2,1-2H3;1H/t22-,26-,27-,28-;/m1./s1. The topological polar surface area (TPSA) is 131 Å². The van der Waals surface area contributed by atoms with Crippen molar-refractivity contribution in [2.75, 3.05) is 33.0 Å². The van der Waals surface area contributed by atoms with Gasteiger partial charge in [0.25, 0.3) is 0 Å². The molecule has 1 saturated heterocycles. The van der Waals surface area contributed by atoms with Crippen molar-refractivity contribution < 1.29 is 38.0 Å². The van der Waals surface area contributed by atoms with E-state index in [2.05, 4.69) is 18.8 Å². The van der Waals surface area contributed by atoms with Crippen molar-refractivity contribution in [1.82, 2.24) is 9.55 Å². The summed E-state index contributed by atoms with van der Waals surface area (Å²) in [5, 5.41) is 7.75. The molecule has 4 atom stereocenters. The van der Waals surface area contributed by atoms with E-state index >= 15 is 0 Å². The molecule has 0 amide bonds. The fraction of sp³-hybridized carbons (Fsp3) is 0.793. The first-order valence-corrected chi connectivity index (χ1v) is 15.0. The van der Waals surface area contributed by atoms with Crippen molar-refractivity contribution in [2.24, 2.45) is 0 Å². The Bertz CT molecular complexity index is 962. The summed E-state index contributed by atoms with van der Waals surface area (Å²) in [7, 11) is 0. The number of hydrogen-bond acceptors (Lipinski definition) is 10. The van der Waals surface area contributed by atoms with E-state index in [-0.39, 0.29) is 50.0 Å². The molecule has 41 heavy (non-hydrogen) atoms. The van der Waals surface area contributed by atoms with Crippen LogP contribution < -0.4 is 10.2 Å². The largest absolute Gasteiger partial charge is 0.463 e. The van der Waals surface area contributed by atoms with Gasteiger partial charge in [-0.1, -0.05) is 65.2 Å². The minimum atomic E-state index is -0.811. The van der Waals surface area contributed by atoms with E-state index in [4.69, 9.17) is 33.8 Å². The first kappa shape index (κ1) is 35.0. The van der Waals surface area contributed by atoms with Crippen LogP contribution >= 0.6 is 12.4 Å². The van der Waals surface area contributed by atoms with E-state index in [0.717, 1.165) is 25.7 Å². The van der Waals surface area contributed by atoms with Crippen LogP contribution in [0.25, 0.3) is 0 Å². The molecule has 1 fully saturated rings. The van der Waals surface area contributed by atoms with Crippen LogP contribution in [-0.2, 0) is 33.3 Å². The molecule has 0 bridgehead atoms. The number of ether oxygens (including phenoxy) is 6. The highest BCUT2D eigenvalue weighted by Crippen LogP contribution is 2.40. The van der Waals surface area contributed by atoms with Gasteiger partial charge >= 0.3 is 17.9 Å². The van der Waals surface area contributed by atoms with E-state index < -0.39 is 36.5 Å². The molecule has 234 valence electrons. The summed E-state index contributed by atoms with van der Waals surface area (Å²) in [5.74, 6) is -0.846. The van der Waals surface area contributed by atoms with Crippen molar-refractivity contribution in [1.29, 1.82) is 5.41 Å². The minimum absolute atomic E-state index is 0. The zero-order valence-electron chi connectivity index (χ0n) is 24.6. The molecule has 11 nitrogen and oxygen atoms in total. The second-order valence-electron chi connectivity index (χ2n) is 10.3. The summed E-state index contributed by atoms with van der Waals surface area (Å²) in [5.41, 5.74) is 0.0558. The fourth-order valence-electron chi connectivity index (χ4n) is 4.74. The molecule has 1 aromatic rings. The molecule has 0 unspecified atom stereocenters. The molecule has 2 aliphatic rings. The maximum atomic E-state index is 12.7. The molecule has 0 spiro atoms. The summed E-state index contributed by atoms with van der Waals surface area (Å²) >= 11 is 0. The molecular weight excluding hydrogens is 554 g/mol. The number of fused-ring (bicyclic) bond motifs is 3. The monoisotopic (exact) mass is 601 g/mol. The normalized spacial score (nSPS) is 20.5. The second kappa shape index (κ2) is 19.8. The smallest absolute Gasteiger partial charge is 0.308 e. The predicted molar refractivity (Wildman–Crippen MR) is 153 cm³/mol. The SMILES string of the molecule is CCCCCCCOCCC(=O)OC[C@H]1O[C@@H]2[C@H](Oc3nc(=N)ccn32)[C@@H]1OC(=O)CCOCCCCCCC.Cl. The summed E-state index contributed by atoms with van der Waals surface area (Å²) < 4.78 is 36.1. The Labute approximate surface area is 249 Å². The number of esters is 2. The molecule has 12 heteroatoms. The average Bonchev–Trinajstić information content (AvgIpc) is 3.45. The average molecular weight is 602 g/mol. The van der Waals surface area contributed by atoms with E-state index in [1.807, 2.05) is 0 Å². The van der Waals surface area contributed by atoms with Gasteiger partial charge in [-0.05, 0) is 18.9 Å². The zero-order chi connectivity index (χ0) is 28.6. The van der Waals surface area contributed by atoms with Gasteiger partial charge in [0.1, 0.15) is 12.7 Å². The van der Waals surface area contributed by atoms with Crippen LogP contribution in [0.15, 0.2) is 12.3 Å². The van der Waals surface area contributed by atoms with Crippen molar-refractivity contribution in [3.63, 3.8) is 0 Å². The van der Waals surface area contributed by atoms with Crippen LogP contribution in [0.1, 0.15) is 97.1 Å². The number of carbonyl (C=O) groups is 2. The highest BCUT2D eigenvalue weighted by Gasteiger charge is 2.54.